The molecule has 2 amide bonds. The van der Waals surface area contributed by atoms with Gasteiger partial charge < -0.3 is 24.6 Å². The highest BCUT2D eigenvalue weighted by molar-refractivity contribution is 7.14. The summed E-state index contributed by atoms with van der Waals surface area (Å²) in [7, 11) is 3.60. The minimum absolute atomic E-state index is 0.0583. The molecule has 55 heavy (non-hydrogen) atoms. The van der Waals surface area contributed by atoms with Gasteiger partial charge in [0, 0.05) is 62.1 Å². The van der Waals surface area contributed by atoms with Crippen molar-refractivity contribution in [2.75, 3.05) is 53.6 Å². The minimum Gasteiger partial charge on any atom is -0.494 e. The molecule has 296 valence electrons. The van der Waals surface area contributed by atoms with Gasteiger partial charge >= 0.3 is 0 Å². The fraction of sp³-hybridized carbons (Fsp3) is 0.511. The molecule has 1 aliphatic heterocycles. The molecular formula is C45H61N5O4S. The van der Waals surface area contributed by atoms with Crippen LogP contribution in [0.1, 0.15) is 92.8 Å². The van der Waals surface area contributed by atoms with Crippen LogP contribution in [0.5, 0.6) is 5.75 Å². The van der Waals surface area contributed by atoms with Gasteiger partial charge in [-0.25, -0.2) is 9.97 Å². The lowest BCUT2D eigenvalue weighted by molar-refractivity contribution is -0.132. The van der Waals surface area contributed by atoms with Crippen molar-refractivity contribution in [1.29, 1.82) is 0 Å². The van der Waals surface area contributed by atoms with Crippen LogP contribution < -0.4 is 10.1 Å². The van der Waals surface area contributed by atoms with E-state index in [2.05, 4.69) is 47.9 Å². The Balaban J connectivity index is 1.22. The van der Waals surface area contributed by atoms with E-state index in [1.807, 2.05) is 85.0 Å². The van der Waals surface area contributed by atoms with Gasteiger partial charge in [-0.3, -0.25) is 9.59 Å². The Morgan fingerprint density at radius 1 is 0.891 bits per heavy atom. The molecule has 2 aromatic heterocycles. The topological polar surface area (TPSA) is 96.9 Å². The molecule has 1 atom stereocenters. The standard InChI is InChI=1S/C45H61N5O4S/c1-7-8-9-10-11-27-54-38-18-16-35(17-19-38)37-30-46-42(47-31-37)36-14-12-33(13-15-36)29-39(48-43(51)40-20-21-41(55-40)45(2,3)4)44(52)49(5)32-34-22-24-50(25-23-34)26-28-53-6/h12-21,30-31,34,39H,7-11,22-29,32H2,1-6H3,(H,48,51). The largest absolute Gasteiger partial charge is 0.494 e. The molecule has 1 aliphatic rings. The Morgan fingerprint density at radius 2 is 1.56 bits per heavy atom. The van der Waals surface area contributed by atoms with Gasteiger partial charge in [-0.05, 0) is 79.1 Å². The average molecular weight is 768 g/mol. The molecule has 9 nitrogen and oxygen atoms in total. The predicted molar refractivity (Wildman–Crippen MR) is 224 cm³/mol. The lowest BCUT2D eigenvalue weighted by atomic mass is 9.95. The summed E-state index contributed by atoms with van der Waals surface area (Å²) in [6.07, 6.45) is 12.2. The normalized spacial score (nSPS) is 14.4. The molecule has 0 bridgehead atoms. The predicted octanol–water partition coefficient (Wildman–Crippen LogP) is 8.68. The molecule has 3 heterocycles. The summed E-state index contributed by atoms with van der Waals surface area (Å²) in [5, 5.41) is 3.11. The van der Waals surface area contributed by atoms with E-state index in [1.165, 1.54) is 37.0 Å². The molecule has 1 N–H and O–H groups in total. The summed E-state index contributed by atoms with van der Waals surface area (Å²) < 4.78 is 11.2. The molecule has 10 heteroatoms. The lowest BCUT2D eigenvalue weighted by Crippen LogP contribution is -2.50. The molecule has 5 rings (SSSR count). The fourth-order valence-corrected chi connectivity index (χ4v) is 7.91. The van der Waals surface area contributed by atoms with E-state index in [4.69, 9.17) is 9.47 Å². The van der Waals surface area contributed by atoms with Crippen LogP contribution in [-0.4, -0.2) is 91.2 Å². The fourth-order valence-electron chi connectivity index (χ4n) is 6.94. The van der Waals surface area contributed by atoms with Crippen LogP contribution in [0, 0.1) is 5.92 Å². The van der Waals surface area contributed by atoms with Crippen molar-refractivity contribution in [2.24, 2.45) is 5.92 Å². The Bertz CT molecular complexity index is 1760. The van der Waals surface area contributed by atoms with Crippen LogP contribution in [0.4, 0.5) is 0 Å². The Hall–Kier alpha value is -4.12. The number of amides is 2. The van der Waals surface area contributed by atoms with Gasteiger partial charge in [0.2, 0.25) is 5.91 Å². The van der Waals surface area contributed by atoms with Gasteiger partial charge in [0.05, 0.1) is 18.1 Å². The van der Waals surface area contributed by atoms with Crippen molar-refractivity contribution in [3.8, 4) is 28.3 Å². The number of carbonyl (C=O) groups is 2. The number of thiophene rings is 1. The molecule has 0 aliphatic carbocycles. The zero-order chi connectivity index (χ0) is 39.2. The van der Waals surface area contributed by atoms with Gasteiger partial charge in [-0.2, -0.15) is 0 Å². The zero-order valence-electron chi connectivity index (χ0n) is 33.8. The number of hydrogen-bond donors (Lipinski definition) is 1. The molecule has 1 saturated heterocycles. The number of rotatable bonds is 19. The van der Waals surface area contributed by atoms with Gasteiger partial charge in [0.1, 0.15) is 11.8 Å². The Labute approximate surface area is 332 Å². The molecule has 0 saturated carbocycles. The summed E-state index contributed by atoms with van der Waals surface area (Å²) in [5.74, 6) is 1.63. The van der Waals surface area contributed by atoms with Crippen LogP contribution in [0.25, 0.3) is 22.5 Å². The van der Waals surface area contributed by atoms with Gasteiger partial charge in [-0.15, -0.1) is 11.3 Å². The number of unbranched alkanes of at least 4 members (excludes halogenated alkanes) is 4. The highest BCUT2D eigenvalue weighted by Crippen LogP contribution is 2.30. The molecule has 4 aromatic rings. The van der Waals surface area contributed by atoms with Crippen molar-refractivity contribution in [3.05, 3.63) is 88.4 Å². The summed E-state index contributed by atoms with van der Waals surface area (Å²) in [5.41, 5.74) is 3.74. The quantitative estimate of drug-likeness (QED) is 0.0955. The van der Waals surface area contributed by atoms with E-state index < -0.39 is 6.04 Å². The molecular weight excluding hydrogens is 707 g/mol. The first-order valence-electron chi connectivity index (χ1n) is 20.1. The third kappa shape index (κ3) is 12.7. The smallest absolute Gasteiger partial charge is 0.262 e. The van der Waals surface area contributed by atoms with E-state index >= 15 is 0 Å². The monoisotopic (exact) mass is 767 g/mol. The highest BCUT2D eigenvalue weighted by Gasteiger charge is 2.29. The number of carbonyl (C=O) groups excluding carboxylic acids is 2. The number of ether oxygens (including phenoxy) is 2. The summed E-state index contributed by atoms with van der Waals surface area (Å²) >= 11 is 1.49. The van der Waals surface area contributed by atoms with Gasteiger partial charge in [0.25, 0.3) is 5.91 Å². The second-order valence-corrected chi connectivity index (χ2v) is 17.0. The maximum atomic E-state index is 14.1. The van der Waals surface area contributed by atoms with Crippen LogP contribution in [0.15, 0.2) is 73.1 Å². The van der Waals surface area contributed by atoms with Crippen LogP contribution in [-0.2, 0) is 21.4 Å². The van der Waals surface area contributed by atoms with Crippen molar-refractivity contribution >= 4 is 23.2 Å². The van der Waals surface area contributed by atoms with Crippen LogP contribution in [0.3, 0.4) is 0 Å². The number of nitrogens with zero attached hydrogens (tertiary/aromatic N) is 4. The maximum Gasteiger partial charge on any atom is 0.262 e. The molecule has 1 unspecified atom stereocenters. The number of aromatic nitrogens is 2. The van der Waals surface area contributed by atoms with Crippen LogP contribution in [0.2, 0.25) is 0 Å². The number of benzene rings is 2. The summed E-state index contributed by atoms with van der Waals surface area (Å²) in [4.78, 5) is 43.0. The molecule has 2 aromatic carbocycles. The number of methoxy groups -OCH3 is 1. The zero-order valence-corrected chi connectivity index (χ0v) is 34.6. The van der Waals surface area contributed by atoms with Crippen molar-refractivity contribution in [3.63, 3.8) is 0 Å². The number of hydrogen-bond acceptors (Lipinski definition) is 8. The summed E-state index contributed by atoms with van der Waals surface area (Å²) in [6.45, 7) is 13.7. The third-order valence-corrected chi connectivity index (χ3v) is 11.9. The first kappa shape index (κ1) is 42.0. The SMILES string of the molecule is CCCCCCCOc1ccc(-c2cnc(-c3ccc(CC(NC(=O)c4ccc(C(C)(C)C)s4)C(=O)N(C)CC4CCN(CCOC)CC4)cc3)nc2)cc1. The lowest BCUT2D eigenvalue weighted by Gasteiger charge is -2.34. The van der Waals surface area contributed by atoms with Crippen molar-refractivity contribution < 1.29 is 19.1 Å². The van der Waals surface area contributed by atoms with E-state index in [1.54, 1.807) is 7.11 Å². The number of piperidine rings is 1. The van der Waals surface area contributed by atoms with E-state index in [0.717, 1.165) is 85.0 Å². The second kappa shape index (κ2) is 20.7. The minimum atomic E-state index is -0.705. The Kier molecular flexibility index (Phi) is 15.8. The third-order valence-electron chi connectivity index (χ3n) is 10.4. The number of nitrogens with one attached hydrogen (secondary N) is 1. The highest BCUT2D eigenvalue weighted by atomic mass is 32.1. The number of likely N-dealkylation sites (N-methyl/N-ethyl adjacent to an activating group) is 1. The van der Waals surface area contributed by atoms with Crippen molar-refractivity contribution in [1.82, 2.24) is 25.1 Å². The first-order chi connectivity index (χ1) is 26.5. The molecule has 0 radical (unpaired) electrons. The second-order valence-electron chi connectivity index (χ2n) is 15.9. The first-order valence-corrected chi connectivity index (χ1v) is 20.9. The molecule has 1 fully saturated rings. The van der Waals surface area contributed by atoms with E-state index in [9.17, 15) is 9.59 Å². The van der Waals surface area contributed by atoms with Gasteiger partial charge in [0.15, 0.2) is 5.82 Å². The average Bonchev–Trinajstić information content (AvgIpc) is 3.71. The van der Waals surface area contributed by atoms with Crippen molar-refractivity contribution in [2.45, 2.75) is 90.5 Å². The Morgan fingerprint density at radius 3 is 2.20 bits per heavy atom. The van der Waals surface area contributed by atoms with Gasteiger partial charge in [-0.1, -0.05) is 89.8 Å². The van der Waals surface area contributed by atoms with E-state index in [0.29, 0.717) is 29.6 Å². The van der Waals surface area contributed by atoms with E-state index in [-0.39, 0.29) is 17.2 Å². The molecule has 0 spiro atoms. The summed E-state index contributed by atoms with van der Waals surface area (Å²) in [6, 6.07) is 19.2. The van der Waals surface area contributed by atoms with Crippen LogP contribution >= 0.6 is 11.3 Å². The number of likely N-dealkylation sites (tertiary alicyclic amines) is 1. The maximum absolute atomic E-state index is 14.1.